The van der Waals surface area contributed by atoms with Crippen LogP contribution in [0.2, 0.25) is 0 Å². The van der Waals surface area contributed by atoms with Gasteiger partial charge in [0.1, 0.15) is 36.6 Å². The van der Waals surface area contributed by atoms with E-state index in [0.29, 0.717) is 0 Å². The number of phenolic OH excluding ortho intramolecular Hbond substituents is 1. The number of hydrogen-bond donors (Lipinski definition) is 7. The molecule has 1 aromatic rings. The van der Waals surface area contributed by atoms with Crippen molar-refractivity contribution in [3.8, 4) is 11.5 Å². The number of ether oxygens (including phenoxy) is 3. The van der Waals surface area contributed by atoms with Gasteiger partial charge in [-0.1, -0.05) is 6.07 Å². The van der Waals surface area contributed by atoms with Gasteiger partial charge >= 0.3 is 0 Å². The Morgan fingerprint density at radius 3 is 2.42 bits per heavy atom. The average Bonchev–Trinajstić information content (AvgIpc) is 2.65. The Kier molecular flexibility index (Phi) is 7.15. The van der Waals surface area contributed by atoms with Gasteiger partial charge < -0.3 is 50.0 Å². The topological polar surface area (TPSA) is 169 Å². The van der Waals surface area contributed by atoms with Gasteiger partial charge in [-0.3, -0.25) is 0 Å². The molecule has 148 valence electrons. The fourth-order valence-corrected chi connectivity index (χ4v) is 2.59. The summed E-state index contributed by atoms with van der Waals surface area (Å²) in [4.78, 5) is 0. The number of methoxy groups -OCH3 is 1. The smallest absolute Gasteiger partial charge is 0.186 e. The molecule has 2 rings (SSSR count). The average molecular weight is 376 g/mol. The molecule has 0 bridgehead atoms. The fraction of sp³-hybridized carbons (Fsp3) is 0.625. The summed E-state index contributed by atoms with van der Waals surface area (Å²) >= 11 is 0. The molecule has 7 atom stereocenters. The lowest BCUT2D eigenvalue weighted by Gasteiger charge is -2.39. The van der Waals surface area contributed by atoms with Crippen LogP contribution in [0.3, 0.4) is 0 Å². The molecule has 0 spiro atoms. The highest BCUT2D eigenvalue weighted by Gasteiger charge is 2.44. The highest BCUT2D eigenvalue weighted by Crippen LogP contribution is 2.30. The molecule has 0 aromatic heterocycles. The van der Waals surface area contributed by atoms with Crippen LogP contribution < -0.4 is 4.74 Å². The Morgan fingerprint density at radius 2 is 1.81 bits per heavy atom. The molecule has 1 saturated heterocycles. The van der Waals surface area contributed by atoms with Crippen LogP contribution >= 0.6 is 0 Å². The maximum atomic E-state index is 10.2. The van der Waals surface area contributed by atoms with Gasteiger partial charge in [-0.25, -0.2) is 0 Å². The molecule has 0 saturated carbocycles. The van der Waals surface area contributed by atoms with Crippen molar-refractivity contribution in [2.24, 2.45) is 0 Å². The van der Waals surface area contributed by atoms with E-state index in [2.05, 4.69) is 0 Å². The van der Waals surface area contributed by atoms with E-state index in [4.69, 9.17) is 19.3 Å². The predicted molar refractivity (Wildman–Crippen MR) is 85.3 cm³/mol. The molecule has 1 aliphatic heterocycles. The Balaban J connectivity index is 1.97. The van der Waals surface area contributed by atoms with Crippen LogP contribution in [0.25, 0.3) is 0 Å². The minimum Gasteiger partial charge on any atom is -0.504 e. The summed E-state index contributed by atoms with van der Waals surface area (Å²) < 4.78 is 15.3. The second kappa shape index (κ2) is 8.93. The van der Waals surface area contributed by atoms with Crippen molar-refractivity contribution in [3.05, 3.63) is 23.8 Å². The monoisotopic (exact) mass is 376 g/mol. The quantitative estimate of drug-likeness (QED) is 0.272. The van der Waals surface area contributed by atoms with Gasteiger partial charge in [0.15, 0.2) is 17.8 Å². The molecule has 7 N–H and O–H groups in total. The van der Waals surface area contributed by atoms with Gasteiger partial charge in [0.2, 0.25) is 0 Å². The summed E-state index contributed by atoms with van der Waals surface area (Å²) in [6, 6.07) is 4.03. The van der Waals surface area contributed by atoms with Crippen molar-refractivity contribution in [1.29, 1.82) is 0 Å². The van der Waals surface area contributed by atoms with E-state index in [1.165, 1.54) is 25.3 Å². The van der Waals surface area contributed by atoms with Gasteiger partial charge in [0.25, 0.3) is 0 Å². The molecule has 0 aliphatic carbocycles. The lowest BCUT2D eigenvalue weighted by molar-refractivity contribution is -0.306. The fourth-order valence-electron chi connectivity index (χ4n) is 2.59. The van der Waals surface area contributed by atoms with Crippen LogP contribution in [-0.4, -0.2) is 92.9 Å². The third-order valence-corrected chi connectivity index (χ3v) is 4.19. The molecule has 0 unspecified atom stereocenters. The first kappa shape index (κ1) is 20.8. The lowest BCUT2D eigenvalue weighted by Crippen LogP contribution is -2.59. The maximum Gasteiger partial charge on any atom is 0.186 e. The molecule has 0 radical (unpaired) electrons. The number of aliphatic hydroxyl groups excluding tert-OH is 6. The second-order valence-corrected chi connectivity index (χ2v) is 5.97. The number of aliphatic hydroxyl groups is 6. The number of hydrogen-bond acceptors (Lipinski definition) is 10. The van der Waals surface area contributed by atoms with Gasteiger partial charge in [0, 0.05) is 0 Å². The first-order valence-corrected chi connectivity index (χ1v) is 7.95. The van der Waals surface area contributed by atoms with Crippen LogP contribution in [0.4, 0.5) is 0 Å². The molecular weight excluding hydrogens is 352 g/mol. The molecule has 1 fully saturated rings. The van der Waals surface area contributed by atoms with E-state index in [1.54, 1.807) is 0 Å². The Hall–Kier alpha value is -1.50. The number of benzene rings is 1. The summed E-state index contributed by atoms with van der Waals surface area (Å²) in [6.45, 7) is -1.09. The van der Waals surface area contributed by atoms with Crippen LogP contribution in [0, 0.1) is 0 Å². The summed E-state index contributed by atoms with van der Waals surface area (Å²) in [7, 11) is 1.34. The standard InChI is InChI=1S/C16H24O10/c1-24-10-4-7(2-3-8(10)18)12(20)9(19)6-25-16-15(23)14(22)13(21)11(5-17)26-16/h2-4,9,11-23H,5-6H2,1H3/t9-,11-,12+,13-,14+,15-,16+/m1/s1. The summed E-state index contributed by atoms with van der Waals surface area (Å²) in [5.41, 5.74) is 0.254. The summed E-state index contributed by atoms with van der Waals surface area (Å²) in [5, 5.41) is 68.2. The normalized spacial score (nSPS) is 31.4. The van der Waals surface area contributed by atoms with Crippen LogP contribution in [0.1, 0.15) is 11.7 Å². The summed E-state index contributed by atoms with van der Waals surface area (Å²) in [6.07, 6.45) is -10.1. The molecule has 1 heterocycles. The van der Waals surface area contributed by atoms with Crippen molar-refractivity contribution in [2.45, 2.75) is 42.9 Å². The first-order chi connectivity index (χ1) is 12.3. The Bertz CT molecular complexity index is 580. The third kappa shape index (κ3) is 4.42. The van der Waals surface area contributed by atoms with Crippen molar-refractivity contribution in [1.82, 2.24) is 0 Å². The number of rotatable bonds is 7. The zero-order chi connectivity index (χ0) is 19.4. The molecule has 1 aromatic carbocycles. The van der Waals surface area contributed by atoms with E-state index in [9.17, 15) is 30.6 Å². The zero-order valence-corrected chi connectivity index (χ0v) is 14.0. The van der Waals surface area contributed by atoms with E-state index in [0.717, 1.165) is 0 Å². The summed E-state index contributed by atoms with van der Waals surface area (Å²) in [5.74, 6) is -0.0147. The third-order valence-electron chi connectivity index (χ3n) is 4.19. The minimum atomic E-state index is -1.61. The number of phenols is 1. The molecule has 26 heavy (non-hydrogen) atoms. The highest BCUT2D eigenvalue weighted by atomic mass is 16.7. The molecule has 0 amide bonds. The van der Waals surface area contributed by atoms with Crippen molar-refractivity contribution in [3.63, 3.8) is 0 Å². The van der Waals surface area contributed by atoms with Crippen molar-refractivity contribution in [2.75, 3.05) is 20.3 Å². The molecular formula is C16H24O10. The zero-order valence-electron chi connectivity index (χ0n) is 14.0. The highest BCUT2D eigenvalue weighted by molar-refractivity contribution is 5.42. The van der Waals surface area contributed by atoms with Gasteiger partial charge in [0.05, 0.1) is 20.3 Å². The molecule has 10 nitrogen and oxygen atoms in total. The van der Waals surface area contributed by atoms with Crippen molar-refractivity contribution < 1.29 is 50.0 Å². The first-order valence-electron chi connectivity index (χ1n) is 7.95. The van der Waals surface area contributed by atoms with Crippen LogP contribution in [0.5, 0.6) is 11.5 Å². The van der Waals surface area contributed by atoms with Gasteiger partial charge in [-0.15, -0.1) is 0 Å². The minimum absolute atomic E-state index is 0.114. The Labute approximate surface area is 149 Å². The lowest BCUT2D eigenvalue weighted by atomic mass is 9.99. The largest absolute Gasteiger partial charge is 0.504 e. The van der Waals surface area contributed by atoms with Crippen molar-refractivity contribution >= 4 is 0 Å². The van der Waals surface area contributed by atoms with Gasteiger partial charge in [-0.05, 0) is 17.7 Å². The second-order valence-electron chi connectivity index (χ2n) is 5.97. The van der Waals surface area contributed by atoms with Gasteiger partial charge in [-0.2, -0.15) is 0 Å². The SMILES string of the molecule is COc1cc([C@H](O)[C@H](O)CO[C@H]2O[C@H](CO)[C@@H](O)[C@H](O)[C@H]2O)ccc1O. The maximum absolute atomic E-state index is 10.2. The van der Waals surface area contributed by atoms with E-state index >= 15 is 0 Å². The Morgan fingerprint density at radius 1 is 1.12 bits per heavy atom. The number of aromatic hydroxyl groups is 1. The predicted octanol–water partition coefficient (Wildman–Crippen LogP) is -2.39. The van der Waals surface area contributed by atoms with Crippen LogP contribution in [-0.2, 0) is 9.47 Å². The van der Waals surface area contributed by atoms with E-state index in [1.807, 2.05) is 0 Å². The molecule has 1 aliphatic rings. The van der Waals surface area contributed by atoms with E-state index < -0.39 is 56.1 Å². The molecule has 10 heteroatoms. The van der Waals surface area contributed by atoms with E-state index in [-0.39, 0.29) is 17.1 Å². The van der Waals surface area contributed by atoms with Crippen LogP contribution in [0.15, 0.2) is 18.2 Å².